The maximum Gasteiger partial charge on any atom is 0.124 e. The van der Waals surface area contributed by atoms with Gasteiger partial charge in [-0.25, -0.2) is 0 Å². The van der Waals surface area contributed by atoms with Crippen LogP contribution in [0.2, 0.25) is 0 Å². The fraction of sp³-hybridized carbons (Fsp3) is 0.333. The molecule has 130 valence electrons. The highest BCUT2D eigenvalue weighted by atomic mass is 32.2. The zero-order valence-electron chi connectivity index (χ0n) is 14.7. The number of allylic oxidation sites excluding steroid dienone is 1. The van der Waals surface area contributed by atoms with Crippen molar-refractivity contribution < 1.29 is 9.84 Å². The molecule has 0 aromatic heterocycles. The number of nitrogens with zero attached hydrogens (tertiary/aromatic N) is 1. The van der Waals surface area contributed by atoms with Crippen molar-refractivity contribution in [3.8, 4) is 11.5 Å². The Labute approximate surface area is 153 Å². The molecule has 1 saturated heterocycles. The van der Waals surface area contributed by atoms with Crippen LogP contribution in [-0.4, -0.2) is 30.2 Å². The van der Waals surface area contributed by atoms with E-state index in [1.54, 1.807) is 17.8 Å². The third-order valence-electron chi connectivity index (χ3n) is 4.91. The van der Waals surface area contributed by atoms with Crippen molar-refractivity contribution in [1.82, 2.24) is 4.90 Å². The van der Waals surface area contributed by atoms with Crippen LogP contribution in [0.4, 0.5) is 0 Å². The summed E-state index contributed by atoms with van der Waals surface area (Å²) < 4.78 is 5.70. The number of hydrogen-bond acceptors (Lipinski definition) is 4. The van der Waals surface area contributed by atoms with Gasteiger partial charge >= 0.3 is 0 Å². The summed E-state index contributed by atoms with van der Waals surface area (Å²) in [5.41, 5.74) is 4.70. The van der Waals surface area contributed by atoms with Gasteiger partial charge in [-0.2, -0.15) is 0 Å². The minimum Gasteiger partial charge on any atom is -0.507 e. The molecule has 0 aliphatic carbocycles. The Kier molecular flexibility index (Phi) is 4.38. The fourth-order valence-electron chi connectivity index (χ4n) is 3.74. The predicted octanol–water partition coefficient (Wildman–Crippen LogP) is 5.13. The van der Waals surface area contributed by atoms with Crippen molar-refractivity contribution in [3.05, 3.63) is 53.2 Å². The Balaban J connectivity index is 1.95. The van der Waals surface area contributed by atoms with Crippen LogP contribution in [0.15, 0.2) is 51.9 Å². The molecule has 1 fully saturated rings. The molecule has 0 saturated carbocycles. The summed E-state index contributed by atoms with van der Waals surface area (Å²) in [5.74, 6) is 1.27. The molecular weight excluding hydrogens is 330 g/mol. The molecule has 0 unspecified atom stereocenters. The molecule has 2 aromatic carbocycles. The molecule has 0 amide bonds. The number of fused-ring (bicyclic) bond motifs is 2. The standard InChI is InChI=1S/C21H23NO2S/c1-3-24-14-10-11-15-19(13-14)25-18-9-6-8-17(23)21(18)20(15)16-7-4-5-12-22(16)2/h6,8-11,13,23H,3-5,7,12H2,1-2H3. The Morgan fingerprint density at radius 1 is 1.16 bits per heavy atom. The van der Waals surface area contributed by atoms with E-state index in [4.69, 9.17) is 4.74 Å². The Bertz CT molecular complexity index is 844. The summed E-state index contributed by atoms with van der Waals surface area (Å²) in [6, 6.07) is 12.1. The molecule has 2 aliphatic heterocycles. The number of rotatable bonds is 2. The van der Waals surface area contributed by atoms with Crippen molar-refractivity contribution in [2.24, 2.45) is 0 Å². The molecular formula is C21H23NO2S. The van der Waals surface area contributed by atoms with Gasteiger partial charge in [0.25, 0.3) is 0 Å². The first-order valence-electron chi connectivity index (χ1n) is 8.90. The number of piperidine rings is 1. The second kappa shape index (κ2) is 6.68. The molecule has 0 atom stereocenters. The van der Waals surface area contributed by atoms with Gasteiger partial charge in [0.15, 0.2) is 0 Å². The van der Waals surface area contributed by atoms with Gasteiger partial charge < -0.3 is 14.7 Å². The van der Waals surface area contributed by atoms with Gasteiger partial charge in [0.05, 0.1) is 6.61 Å². The van der Waals surface area contributed by atoms with Crippen LogP contribution in [0, 0.1) is 0 Å². The van der Waals surface area contributed by atoms with E-state index < -0.39 is 0 Å². The van der Waals surface area contributed by atoms with E-state index in [0.717, 1.165) is 29.2 Å². The summed E-state index contributed by atoms with van der Waals surface area (Å²) in [6.45, 7) is 3.74. The van der Waals surface area contributed by atoms with Crippen molar-refractivity contribution in [2.45, 2.75) is 36.0 Å². The first-order chi connectivity index (χ1) is 12.2. The smallest absolute Gasteiger partial charge is 0.124 e. The molecule has 2 aromatic rings. The number of aromatic hydroxyl groups is 1. The molecule has 2 heterocycles. The topological polar surface area (TPSA) is 32.7 Å². The van der Waals surface area contributed by atoms with E-state index in [1.807, 2.05) is 19.1 Å². The van der Waals surface area contributed by atoms with E-state index in [1.165, 1.54) is 34.6 Å². The van der Waals surface area contributed by atoms with Gasteiger partial charge in [0.2, 0.25) is 0 Å². The van der Waals surface area contributed by atoms with Crippen molar-refractivity contribution in [1.29, 1.82) is 0 Å². The minimum absolute atomic E-state index is 0.367. The Morgan fingerprint density at radius 2 is 2.04 bits per heavy atom. The molecule has 0 radical (unpaired) electrons. The highest BCUT2D eigenvalue weighted by Gasteiger charge is 2.28. The van der Waals surface area contributed by atoms with Crippen LogP contribution in [0.3, 0.4) is 0 Å². The fourth-order valence-corrected chi connectivity index (χ4v) is 4.89. The first kappa shape index (κ1) is 16.4. The summed E-state index contributed by atoms with van der Waals surface area (Å²) >= 11 is 1.71. The lowest BCUT2D eigenvalue weighted by Gasteiger charge is -2.33. The molecule has 0 spiro atoms. The van der Waals surface area contributed by atoms with Crippen LogP contribution in [0.5, 0.6) is 11.5 Å². The van der Waals surface area contributed by atoms with Crippen LogP contribution in [0.25, 0.3) is 5.57 Å². The molecule has 25 heavy (non-hydrogen) atoms. The maximum absolute atomic E-state index is 10.6. The molecule has 4 heteroatoms. The number of phenolic OH excluding ortho intramolecular Hbond substituents is 1. The average Bonchev–Trinajstić information content (AvgIpc) is 2.61. The van der Waals surface area contributed by atoms with Gasteiger partial charge in [-0.15, -0.1) is 0 Å². The highest BCUT2D eigenvalue weighted by Crippen LogP contribution is 2.51. The molecule has 1 N–H and O–H groups in total. The molecule has 3 nitrogen and oxygen atoms in total. The Morgan fingerprint density at radius 3 is 2.84 bits per heavy atom. The normalized spacial score (nSPS) is 19.4. The lowest BCUT2D eigenvalue weighted by atomic mass is 9.90. The highest BCUT2D eigenvalue weighted by molar-refractivity contribution is 7.99. The number of likely N-dealkylation sites (tertiary alicyclic amines) is 1. The van der Waals surface area contributed by atoms with Gasteiger partial charge in [0, 0.05) is 40.2 Å². The first-order valence-corrected chi connectivity index (χ1v) is 9.72. The maximum atomic E-state index is 10.6. The summed E-state index contributed by atoms with van der Waals surface area (Å²) in [7, 11) is 2.16. The lowest BCUT2D eigenvalue weighted by molar-refractivity contribution is 0.339. The monoisotopic (exact) mass is 353 g/mol. The van der Waals surface area contributed by atoms with E-state index >= 15 is 0 Å². The van der Waals surface area contributed by atoms with Crippen molar-refractivity contribution >= 4 is 17.3 Å². The predicted molar refractivity (Wildman–Crippen MR) is 102 cm³/mol. The zero-order chi connectivity index (χ0) is 17.4. The second-order valence-corrected chi connectivity index (χ2v) is 7.63. The lowest BCUT2D eigenvalue weighted by Crippen LogP contribution is -2.25. The van der Waals surface area contributed by atoms with Crippen LogP contribution < -0.4 is 4.74 Å². The molecule has 0 bridgehead atoms. The van der Waals surface area contributed by atoms with E-state index in [-0.39, 0.29) is 0 Å². The summed E-state index contributed by atoms with van der Waals surface area (Å²) in [5, 5.41) is 10.6. The quantitative estimate of drug-likeness (QED) is 0.692. The largest absolute Gasteiger partial charge is 0.507 e. The second-order valence-electron chi connectivity index (χ2n) is 6.54. The Hall–Kier alpha value is -2.07. The zero-order valence-corrected chi connectivity index (χ0v) is 15.5. The van der Waals surface area contributed by atoms with Crippen LogP contribution in [0.1, 0.15) is 37.3 Å². The van der Waals surface area contributed by atoms with E-state index in [9.17, 15) is 5.11 Å². The number of hydrogen-bond donors (Lipinski definition) is 1. The van der Waals surface area contributed by atoms with Crippen LogP contribution >= 0.6 is 11.8 Å². The molecule has 2 aliphatic rings. The van der Waals surface area contributed by atoms with Gasteiger partial charge in [0.1, 0.15) is 11.5 Å². The minimum atomic E-state index is 0.367. The van der Waals surface area contributed by atoms with Crippen molar-refractivity contribution in [2.75, 3.05) is 20.2 Å². The SMILES string of the molecule is CCOc1ccc2c(c1)Sc1cccc(O)c1C2=C1CCCCN1C. The van der Waals surface area contributed by atoms with E-state index in [2.05, 4.69) is 30.1 Å². The van der Waals surface area contributed by atoms with E-state index in [0.29, 0.717) is 12.4 Å². The van der Waals surface area contributed by atoms with Gasteiger partial charge in [-0.05, 0) is 62.1 Å². The third-order valence-corrected chi connectivity index (χ3v) is 6.03. The van der Waals surface area contributed by atoms with Gasteiger partial charge in [-0.3, -0.25) is 0 Å². The number of benzene rings is 2. The average molecular weight is 353 g/mol. The number of ether oxygens (including phenoxy) is 1. The van der Waals surface area contributed by atoms with Crippen molar-refractivity contribution in [3.63, 3.8) is 0 Å². The number of phenols is 1. The summed E-state index contributed by atoms with van der Waals surface area (Å²) in [6.07, 6.45) is 3.48. The third kappa shape index (κ3) is 2.89. The molecule has 4 rings (SSSR count). The summed E-state index contributed by atoms with van der Waals surface area (Å²) in [4.78, 5) is 4.67. The van der Waals surface area contributed by atoms with Crippen LogP contribution in [-0.2, 0) is 0 Å². The van der Waals surface area contributed by atoms with Gasteiger partial charge in [-0.1, -0.05) is 17.8 Å².